The molecule has 4 fully saturated rings. The van der Waals surface area contributed by atoms with Gasteiger partial charge in [-0.2, -0.15) is 11.8 Å². The largest absolute Gasteiger partial charge is 0.383 e. The monoisotopic (exact) mass is 627 g/mol. The molecule has 1 saturated carbocycles. The Balaban J connectivity index is 1.12. The van der Waals surface area contributed by atoms with Gasteiger partial charge in [0.25, 0.3) is 5.91 Å². The summed E-state index contributed by atoms with van der Waals surface area (Å²) in [4.78, 5) is 51.8. The van der Waals surface area contributed by atoms with Crippen molar-refractivity contribution in [3.05, 3.63) is 35.2 Å². The van der Waals surface area contributed by atoms with E-state index in [1.165, 1.54) is 0 Å². The number of ketones is 1. The van der Waals surface area contributed by atoms with E-state index in [0.29, 0.717) is 24.9 Å². The standard InChI is InChI=1S/C31H41N5O5S2/c1-40-17-16-34-12-14-35(15-13-34)30-32-23(20-43-30)21-6-8-22(9-7-21)28(38)33-31(10-4-3-5-11-31)29(39)36-18-25(42-2)27-26(36)24(37)19-41-27/h6-9,20,25-27H,3-5,10-19H2,1-2H3,(H,33,38)/t25-,26+,27+/m0/s1. The van der Waals surface area contributed by atoms with E-state index in [9.17, 15) is 14.4 Å². The predicted molar refractivity (Wildman–Crippen MR) is 169 cm³/mol. The molecule has 1 aromatic heterocycles. The first-order valence-corrected chi connectivity index (χ1v) is 17.4. The van der Waals surface area contributed by atoms with Crippen LogP contribution < -0.4 is 10.2 Å². The Morgan fingerprint density at radius 3 is 2.58 bits per heavy atom. The predicted octanol–water partition coefficient (Wildman–Crippen LogP) is 2.92. The molecule has 12 heteroatoms. The number of ether oxygens (including phenoxy) is 2. The van der Waals surface area contributed by atoms with Gasteiger partial charge in [0.15, 0.2) is 10.9 Å². The van der Waals surface area contributed by atoms with Crippen molar-refractivity contribution in [1.82, 2.24) is 20.1 Å². The number of carbonyl (C=O) groups excluding carboxylic acids is 3. The van der Waals surface area contributed by atoms with Crippen molar-refractivity contribution in [1.29, 1.82) is 0 Å². The minimum atomic E-state index is -1.01. The molecule has 3 saturated heterocycles. The third kappa shape index (κ3) is 6.22. The van der Waals surface area contributed by atoms with Crippen LogP contribution in [0.2, 0.25) is 0 Å². The molecule has 0 spiro atoms. The highest BCUT2D eigenvalue weighted by Crippen LogP contribution is 2.38. The number of nitrogens with zero attached hydrogens (tertiary/aromatic N) is 4. The fraction of sp³-hybridized carbons (Fsp3) is 0.613. The van der Waals surface area contributed by atoms with Crippen LogP contribution in [-0.2, 0) is 19.1 Å². The van der Waals surface area contributed by atoms with E-state index in [1.54, 1.807) is 35.1 Å². The molecule has 0 radical (unpaired) electrons. The second kappa shape index (κ2) is 13.2. The zero-order valence-corrected chi connectivity index (χ0v) is 26.6. The summed E-state index contributed by atoms with van der Waals surface area (Å²) in [6.07, 6.45) is 5.61. The van der Waals surface area contributed by atoms with Gasteiger partial charge in [-0.1, -0.05) is 31.4 Å². The Bertz CT molecular complexity index is 1310. The van der Waals surface area contributed by atoms with Crippen molar-refractivity contribution < 1.29 is 23.9 Å². The topological polar surface area (TPSA) is 104 Å². The van der Waals surface area contributed by atoms with E-state index >= 15 is 0 Å². The van der Waals surface area contributed by atoms with Crippen molar-refractivity contribution in [3.8, 4) is 11.3 Å². The van der Waals surface area contributed by atoms with Gasteiger partial charge in [0.1, 0.15) is 18.2 Å². The normalized spacial score (nSPS) is 25.6. The second-order valence-corrected chi connectivity index (χ2v) is 13.8. The molecule has 1 aromatic carbocycles. The van der Waals surface area contributed by atoms with Crippen LogP contribution in [0, 0.1) is 0 Å². The summed E-state index contributed by atoms with van der Waals surface area (Å²) < 4.78 is 11.0. The number of amides is 2. The number of thioether (sulfide) groups is 1. The number of nitrogens with one attached hydrogen (secondary N) is 1. The summed E-state index contributed by atoms with van der Waals surface area (Å²) in [6, 6.07) is 6.91. The number of benzene rings is 1. The molecule has 3 aliphatic heterocycles. The average Bonchev–Trinajstić information content (AvgIpc) is 3.78. The van der Waals surface area contributed by atoms with Crippen LogP contribution in [0.5, 0.6) is 0 Å². The minimum Gasteiger partial charge on any atom is -0.383 e. The molecule has 4 aliphatic rings. The van der Waals surface area contributed by atoms with Gasteiger partial charge < -0.3 is 24.6 Å². The van der Waals surface area contributed by atoms with Gasteiger partial charge in [0.2, 0.25) is 5.91 Å². The van der Waals surface area contributed by atoms with Crippen LogP contribution in [-0.4, -0.2) is 121 Å². The van der Waals surface area contributed by atoms with E-state index < -0.39 is 11.6 Å². The molecule has 43 heavy (non-hydrogen) atoms. The quantitative estimate of drug-likeness (QED) is 0.450. The van der Waals surface area contributed by atoms with Crippen LogP contribution >= 0.6 is 23.1 Å². The van der Waals surface area contributed by atoms with Gasteiger partial charge in [-0.15, -0.1) is 11.3 Å². The van der Waals surface area contributed by atoms with Crippen LogP contribution in [0.1, 0.15) is 42.5 Å². The molecule has 232 valence electrons. The smallest absolute Gasteiger partial charge is 0.252 e. The molecule has 2 aromatic rings. The molecule has 6 rings (SSSR count). The minimum absolute atomic E-state index is 0.0442. The first-order valence-electron chi connectivity index (χ1n) is 15.3. The Morgan fingerprint density at radius 2 is 1.88 bits per heavy atom. The summed E-state index contributed by atoms with van der Waals surface area (Å²) >= 11 is 3.27. The number of methoxy groups -OCH3 is 1. The third-order valence-electron chi connectivity index (χ3n) is 9.36. The first kappa shape index (κ1) is 30.5. The zero-order chi connectivity index (χ0) is 30.0. The van der Waals surface area contributed by atoms with E-state index in [4.69, 9.17) is 14.5 Å². The van der Waals surface area contributed by atoms with Gasteiger partial charge in [-0.05, 0) is 31.2 Å². The fourth-order valence-corrected chi connectivity index (χ4v) is 8.55. The van der Waals surface area contributed by atoms with Gasteiger partial charge in [0.05, 0.1) is 23.7 Å². The highest BCUT2D eigenvalue weighted by Gasteiger charge is 2.56. The van der Waals surface area contributed by atoms with Gasteiger partial charge in [0, 0.05) is 62.9 Å². The number of Topliss-reactive ketones (excluding diaryl/α,β-unsaturated/α-hetero) is 1. The molecule has 1 N–H and O–H groups in total. The average molecular weight is 628 g/mol. The number of likely N-dealkylation sites (tertiary alicyclic amines) is 1. The first-order chi connectivity index (χ1) is 20.9. The molecular formula is C31H41N5O5S2. The molecule has 3 atom stereocenters. The van der Waals surface area contributed by atoms with Crippen molar-refractivity contribution in [3.63, 3.8) is 0 Å². The summed E-state index contributed by atoms with van der Waals surface area (Å²) in [6.45, 7) is 6.08. The lowest BCUT2D eigenvalue weighted by Gasteiger charge is -2.40. The Morgan fingerprint density at radius 1 is 1.14 bits per heavy atom. The molecule has 0 bridgehead atoms. The van der Waals surface area contributed by atoms with Gasteiger partial charge in [-0.3, -0.25) is 19.3 Å². The highest BCUT2D eigenvalue weighted by atomic mass is 32.2. The molecular weight excluding hydrogens is 587 g/mol. The number of piperazine rings is 1. The summed E-state index contributed by atoms with van der Waals surface area (Å²) in [5.74, 6) is -0.451. The van der Waals surface area contributed by atoms with E-state index in [-0.39, 0.29) is 35.6 Å². The second-order valence-electron chi connectivity index (χ2n) is 11.9. The van der Waals surface area contributed by atoms with Gasteiger partial charge >= 0.3 is 0 Å². The molecule has 4 heterocycles. The highest BCUT2D eigenvalue weighted by molar-refractivity contribution is 7.99. The number of aromatic nitrogens is 1. The molecule has 1 aliphatic carbocycles. The number of hydrogen-bond acceptors (Lipinski definition) is 10. The fourth-order valence-electron chi connectivity index (χ4n) is 6.86. The molecule has 2 amide bonds. The van der Waals surface area contributed by atoms with E-state index in [1.807, 2.05) is 30.5 Å². The van der Waals surface area contributed by atoms with E-state index in [2.05, 4.69) is 20.5 Å². The maximum absolute atomic E-state index is 14.2. The Labute approximate surface area is 261 Å². The number of rotatable bonds is 9. The number of carbonyl (C=O) groups is 3. The maximum Gasteiger partial charge on any atom is 0.252 e. The molecule has 0 unspecified atom stereocenters. The Kier molecular flexibility index (Phi) is 9.39. The number of thiazole rings is 1. The lowest BCUT2D eigenvalue weighted by molar-refractivity contribution is -0.143. The maximum atomic E-state index is 14.2. The third-order valence-corrected chi connectivity index (χ3v) is 11.3. The van der Waals surface area contributed by atoms with Crippen molar-refractivity contribution in [2.24, 2.45) is 0 Å². The van der Waals surface area contributed by atoms with E-state index in [0.717, 1.165) is 75.0 Å². The summed E-state index contributed by atoms with van der Waals surface area (Å²) in [7, 11) is 1.74. The lowest BCUT2D eigenvalue weighted by atomic mass is 9.80. The lowest BCUT2D eigenvalue weighted by Crippen LogP contribution is -2.62. The van der Waals surface area contributed by atoms with Crippen molar-refractivity contribution >= 4 is 45.8 Å². The molecule has 10 nitrogen and oxygen atoms in total. The van der Waals surface area contributed by atoms with Crippen LogP contribution in [0.25, 0.3) is 11.3 Å². The van der Waals surface area contributed by atoms with Crippen LogP contribution in [0.4, 0.5) is 5.13 Å². The van der Waals surface area contributed by atoms with Gasteiger partial charge in [-0.25, -0.2) is 4.98 Å². The number of fused-ring (bicyclic) bond motifs is 1. The van der Waals surface area contributed by atoms with Crippen LogP contribution in [0.3, 0.4) is 0 Å². The Hall–Kier alpha value is -2.51. The van der Waals surface area contributed by atoms with Crippen molar-refractivity contribution in [2.75, 3.05) is 70.7 Å². The van der Waals surface area contributed by atoms with Crippen molar-refractivity contribution in [2.45, 2.75) is 55.0 Å². The zero-order valence-electron chi connectivity index (χ0n) is 25.0. The van der Waals surface area contributed by atoms with Crippen LogP contribution in [0.15, 0.2) is 29.6 Å². The number of hydrogen-bond donors (Lipinski definition) is 1. The summed E-state index contributed by atoms with van der Waals surface area (Å²) in [5.41, 5.74) is 1.34. The number of anilines is 1. The SMILES string of the molecule is COCCN1CCN(c2nc(-c3ccc(C(=O)NC4(C(=O)N5C[C@H](SC)[C@H]6OCC(=O)[C@H]65)CCCCC4)cc3)cs2)CC1. The summed E-state index contributed by atoms with van der Waals surface area (Å²) in [5, 5.41) is 6.29.